The van der Waals surface area contributed by atoms with E-state index in [2.05, 4.69) is 0 Å². The Morgan fingerprint density at radius 1 is 1.44 bits per heavy atom. The standard InChI is InChI=1S/C10H20FNO5S/c1-6(2)16-10-8(17-7(3)9(10)11)5-15-12-18(4,13)14/h6-10,12H,5H2,1-4H3/t7-,8+,9-,10+/m0/s1. The topological polar surface area (TPSA) is 73.9 Å². The Balaban J connectivity index is 2.52. The van der Waals surface area contributed by atoms with Gasteiger partial charge in [0.25, 0.3) is 0 Å². The molecule has 8 heteroatoms. The maximum atomic E-state index is 13.8. The van der Waals surface area contributed by atoms with Gasteiger partial charge in [0.1, 0.15) is 12.2 Å². The highest BCUT2D eigenvalue weighted by atomic mass is 32.2. The van der Waals surface area contributed by atoms with E-state index in [4.69, 9.17) is 14.3 Å². The van der Waals surface area contributed by atoms with Crippen LogP contribution < -0.4 is 4.89 Å². The molecular weight excluding hydrogens is 265 g/mol. The first-order chi connectivity index (χ1) is 8.20. The number of ether oxygens (including phenoxy) is 2. The minimum atomic E-state index is -3.45. The molecule has 0 unspecified atom stereocenters. The molecule has 0 aromatic heterocycles. The normalized spacial score (nSPS) is 33.2. The van der Waals surface area contributed by atoms with Gasteiger partial charge in [0.15, 0.2) is 6.17 Å². The molecule has 0 radical (unpaired) electrons. The minimum absolute atomic E-state index is 0.102. The van der Waals surface area contributed by atoms with Gasteiger partial charge in [0, 0.05) is 0 Å². The number of sulfonamides is 1. The molecule has 1 rings (SSSR count). The molecule has 1 fully saturated rings. The number of hydrogen-bond donors (Lipinski definition) is 1. The van der Waals surface area contributed by atoms with Crippen molar-refractivity contribution >= 4 is 10.0 Å². The molecule has 1 N–H and O–H groups in total. The van der Waals surface area contributed by atoms with Crippen molar-refractivity contribution in [3.63, 3.8) is 0 Å². The molecule has 0 aromatic carbocycles. The second kappa shape index (κ2) is 6.25. The van der Waals surface area contributed by atoms with E-state index in [-0.39, 0.29) is 12.7 Å². The van der Waals surface area contributed by atoms with Crippen LogP contribution in [-0.4, -0.2) is 51.9 Å². The smallest absolute Gasteiger partial charge is 0.230 e. The molecule has 18 heavy (non-hydrogen) atoms. The summed E-state index contributed by atoms with van der Waals surface area (Å²) in [4.78, 5) is 6.65. The summed E-state index contributed by atoms with van der Waals surface area (Å²) in [5, 5.41) is 0. The SMILES string of the molecule is CC(C)O[C@H]1[C@@H](F)[C@H](C)O[C@@H]1CONS(C)(=O)=O. The van der Waals surface area contributed by atoms with Gasteiger partial charge in [-0.1, -0.05) is 4.89 Å². The van der Waals surface area contributed by atoms with E-state index in [1.165, 1.54) is 0 Å². The quantitative estimate of drug-likeness (QED) is 0.714. The largest absolute Gasteiger partial charge is 0.370 e. The van der Waals surface area contributed by atoms with E-state index in [9.17, 15) is 12.8 Å². The number of rotatable bonds is 6. The molecule has 1 heterocycles. The predicted octanol–water partition coefficient (Wildman–Crippen LogP) is 0.386. The van der Waals surface area contributed by atoms with Crippen molar-refractivity contribution in [3.8, 4) is 0 Å². The van der Waals surface area contributed by atoms with Gasteiger partial charge in [-0.25, -0.2) is 12.8 Å². The average molecular weight is 285 g/mol. The molecule has 0 amide bonds. The molecule has 4 atom stereocenters. The Morgan fingerprint density at radius 2 is 2.06 bits per heavy atom. The lowest BCUT2D eigenvalue weighted by molar-refractivity contribution is -0.0878. The molecule has 6 nitrogen and oxygen atoms in total. The zero-order valence-electron chi connectivity index (χ0n) is 10.9. The van der Waals surface area contributed by atoms with Crippen LogP contribution >= 0.6 is 0 Å². The highest BCUT2D eigenvalue weighted by Gasteiger charge is 2.44. The van der Waals surface area contributed by atoms with E-state index in [1.54, 1.807) is 20.8 Å². The van der Waals surface area contributed by atoms with Crippen molar-refractivity contribution in [2.24, 2.45) is 0 Å². The zero-order valence-corrected chi connectivity index (χ0v) is 11.7. The van der Waals surface area contributed by atoms with E-state index in [0.29, 0.717) is 0 Å². The molecule has 0 saturated carbocycles. The van der Waals surface area contributed by atoms with Crippen molar-refractivity contribution in [1.29, 1.82) is 0 Å². The first kappa shape index (κ1) is 15.8. The number of alkyl halides is 1. The van der Waals surface area contributed by atoms with Gasteiger partial charge in [0.05, 0.1) is 25.1 Å². The summed E-state index contributed by atoms with van der Waals surface area (Å²) in [7, 11) is -3.45. The fourth-order valence-electron chi connectivity index (χ4n) is 1.73. The summed E-state index contributed by atoms with van der Waals surface area (Å²) in [6.07, 6.45) is -2.41. The monoisotopic (exact) mass is 285 g/mol. The molecule has 0 aliphatic carbocycles. The minimum Gasteiger partial charge on any atom is -0.370 e. The lowest BCUT2D eigenvalue weighted by Gasteiger charge is -2.21. The van der Waals surface area contributed by atoms with Gasteiger partial charge in [-0.05, 0) is 20.8 Å². The molecule has 1 aliphatic heterocycles. The highest BCUT2D eigenvalue weighted by Crippen LogP contribution is 2.27. The van der Waals surface area contributed by atoms with Gasteiger partial charge in [-0.15, -0.1) is 0 Å². The number of nitrogens with one attached hydrogen (secondary N) is 1. The van der Waals surface area contributed by atoms with E-state index < -0.39 is 34.5 Å². The van der Waals surface area contributed by atoms with Crippen LogP contribution in [-0.2, 0) is 24.3 Å². The molecule has 0 bridgehead atoms. The fraction of sp³-hybridized carbons (Fsp3) is 1.00. The van der Waals surface area contributed by atoms with Gasteiger partial charge in [-0.2, -0.15) is 0 Å². The summed E-state index contributed by atoms with van der Waals surface area (Å²) in [6, 6.07) is 0. The van der Waals surface area contributed by atoms with Gasteiger partial charge < -0.3 is 9.47 Å². The lowest BCUT2D eigenvalue weighted by Crippen LogP contribution is -2.38. The molecule has 1 saturated heterocycles. The Morgan fingerprint density at radius 3 is 2.56 bits per heavy atom. The van der Waals surface area contributed by atoms with E-state index in [0.717, 1.165) is 6.26 Å². The summed E-state index contributed by atoms with van der Waals surface area (Å²) < 4.78 is 46.2. The van der Waals surface area contributed by atoms with Crippen molar-refractivity contribution in [1.82, 2.24) is 4.89 Å². The van der Waals surface area contributed by atoms with Crippen molar-refractivity contribution in [2.75, 3.05) is 12.9 Å². The summed E-state index contributed by atoms with van der Waals surface area (Å²) in [5.74, 6) is 0. The fourth-order valence-corrected chi connectivity index (χ4v) is 2.02. The first-order valence-electron chi connectivity index (χ1n) is 5.74. The van der Waals surface area contributed by atoms with Crippen LogP contribution in [0.1, 0.15) is 20.8 Å². The first-order valence-corrected chi connectivity index (χ1v) is 7.63. The molecule has 0 aromatic rings. The summed E-state index contributed by atoms with van der Waals surface area (Å²) >= 11 is 0. The highest BCUT2D eigenvalue weighted by molar-refractivity contribution is 7.88. The summed E-state index contributed by atoms with van der Waals surface area (Å²) in [5.41, 5.74) is 0. The Bertz CT molecular complexity index is 361. The van der Waals surface area contributed by atoms with Gasteiger partial charge >= 0.3 is 0 Å². The van der Waals surface area contributed by atoms with Gasteiger partial charge in [0.2, 0.25) is 10.0 Å². The second-order valence-corrected chi connectivity index (χ2v) is 6.35. The van der Waals surface area contributed by atoms with Crippen LogP contribution in [0.3, 0.4) is 0 Å². The van der Waals surface area contributed by atoms with E-state index in [1.807, 2.05) is 4.89 Å². The van der Waals surface area contributed by atoms with Crippen LogP contribution in [0.4, 0.5) is 4.39 Å². The molecule has 0 spiro atoms. The predicted molar refractivity (Wildman–Crippen MR) is 63.2 cm³/mol. The summed E-state index contributed by atoms with van der Waals surface area (Å²) in [6.45, 7) is 5.09. The average Bonchev–Trinajstić information content (AvgIpc) is 2.44. The van der Waals surface area contributed by atoms with Crippen molar-refractivity contribution < 1.29 is 27.1 Å². The third kappa shape index (κ3) is 4.77. The molecule has 108 valence electrons. The Kier molecular flexibility index (Phi) is 5.47. The molecular formula is C10H20FNO5S. The van der Waals surface area contributed by atoms with Gasteiger partial charge in [-0.3, -0.25) is 4.84 Å². The van der Waals surface area contributed by atoms with Crippen LogP contribution in [0, 0.1) is 0 Å². The van der Waals surface area contributed by atoms with Crippen LogP contribution in [0.2, 0.25) is 0 Å². The number of halogens is 1. The zero-order chi connectivity index (χ0) is 13.9. The Hall–Kier alpha value is -0.280. The van der Waals surface area contributed by atoms with E-state index >= 15 is 0 Å². The molecule has 1 aliphatic rings. The maximum absolute atomic E-state index is 13.8. The maximum Gasteiger partial charge on any atom is 0.230 e. The second-order valence-electron chi connectivity index (χ2n) is 4.64. The Labute approximate surface area is 107 Å². The lowest BCUT2D eigenvalue weighted by atomic mass is 10.1. The third-order valence-electron chi connectivity index (χ3n) is 2.41. The van der Waals surface area contributed by atoms with Crippen LogP contribution in [0.25, 0.3) is 0 Å². The van der Waals surface area contributed by atoms with Crippen molar-refractivity contribution in [2.45, 2.75) is 51.4 Å². The van der Waals surface area contributed by atoms with Crippen LogP contribution in [0.5, 0.6) is 0 Å². The van der Waals surface area contributed by atoms with Crippen LogP contribution in [0.15, 0.2) is 0 Å². The number of hydrogen-bond acceptors (Lipinski definition) is 5. The van der Waals surface area contributed by atoms with Crippen molar-refractivity contribution in [3.05, 3.63) is 0 Å². The third-order valence-corrected chi connectivity index (χ3v) is 2.83.